The van der Waals surface area contributed by atoms with Crippen molar-refractivity contribution in [3.8, 4) is 0 Å². The second-order valence-electron chi connectivity index (χ2n) is 10.1. The van der Waals surface area contributed by atoms with Gasteiger partial charge in [0.05, 0.1) is 0 Å². The number of nitrogens with one attached hydrogen (secondary N) is 1. The summed E-state index contributed by atoms with van der Waals surface area (Å²) in [6.45, 7) is 13.9. The molecule has 1 rings (SSSR count). The van der Waals surface area contributed by atoms with Gasteiger partial charge in [-0.3, -0.25) is 0 Å². The molecule has 0 bridgehead atoms. The molecule has 1 atom stereocenters. The van der Waals surface area contributed by atoms with Gasteiger partial charge in [-0.2, -0.15) is 10.2 Å². The van der Waals surface area contributed by atoms with Crippen LogP contribution in [0.15, 0.2) is 0 Å². The lowest BCUT2D eigenvalue weighted by Gasteiger charge is -2.50. The molecule has 0 saturated carbocycles. The maximum absolute atomic E-state index is 3.79. The molecule has 4 heteroatoms. The Morgan fingerprint density at radius 3 is 1.81 bits per heavy atom. The Morgan fingerprint density at radius 1 is 0.594 bits per heavy atom. The summed E-state index contributed by atoms with van der Waals surface area (Å²) in [5.74, 6) is 0. The van der Waals surface area contributed by atoms with Gasteiger partial charge < -0.3 is 0 Å². The van der Waals surface area contributed by atoms with Gasteiger partial charge in [0.2, 0.25) is 0 Å². The molecule has 1 aliphatic rings. The summed E-state index contributed by atoms with van der Waals surface area (Å²) in [4.78, 5) is 0. The van der Waals surface area contributed by atoms with Crippen LogP contribution in [0.2, 0.25) is 0 Å². The zero-order valence-electron chi connectivity index (χ0n) is 22.7. The van der Waals surface area contributed by atoms with E-state index in [1.54, 1.807) is 0 Å². The highest BCUT2D eigenvalue weighted by Gasteiger charge is 2.32. The van der Waals surface area contributed by atoms with E-state index in [9.17, 15) is 0 Å². The zero-order valence-corrected chi connectivity index (χ0v) is 22.7. The smallest absolute Gasteiger partial charge is 0.0319 e. The molecule has 1 aliphatic heterocycles. The first-order chi connectivity index (χ1) is 15.8. The first-order valence-electron chi connectivity index (χ1n) is 14.8. The Labute approximate surface area is 202 Å². The third-order valence-corrected chi connectivity index (χ3v) is 7.09. The summed E-state index contributed by atoms with van der Waals surface area (Å²) in [5, 5.41) is 7.91. The molecule has 192 valence electrons. The van der Waals surface area contributed by atoms with Crippen molar-refractivity contribution >= 4 is 0 Å². The summed E-state index contributed by atoms with van der Waals surface area (Å²) < 4.78 is 0. The molecule has 4 nitrogen and oxygen atoms in total. The molecule has 0 aromatic rings. The van der Waals surface area contributed by atoms with Crippen LogP contribution in [0.1, 0.15) is 150 Å². The molecular formula is C28H60N4. The van der Waals surface area contributed by atoms with Crippen LogP contribution in [0.3, 0.4) is 0 Å². The van der Waals surface area contributed by atoms with Gasteiger partial charge in [0.1, 0.15) is 0 Å². The highest BCUT2D eigenvalue weighted by Crippen LogP contribution is 2.24. The third kappa shape index (κ3) is 13.5. The second-order valence-corrected chi connectivity index (χ2v) is 10.1. The fraction of sp³-hybridized carbons (Fsp3) is 1.00. The predicted octanol–water partition coefficient (Wildman–Crippen LogP) is 8.10. The first-order valence-corrected chi connectivity index (χ1v) is 14.8. The molecule has 32 heavy (non-hydrogen) atoms. The molecule has 1 fully saturated rings. The van der Waals surface area contributed by atoms with Gasteiger partial charge in [-0.1, -0.05) is 118 Å². The van der Waals surface area contributed by atoms with Crippen LogP contribution in [-0.2, 0) is 0 Å². The number of hydrazine groups is 3. The van der Waals surface area contributed by atoms with Gasteiger partial charge >= 0.3 is 0 Å². The van der Waals surface area contributed by atoms with Gasteiger partial charge in [-0.05, 0) is 32.1 Å². The molecule has 1 N–H and O–H groups in total. The van der Waals surface area contributed by atoms with E-state index < -0.39 is 0 Å². The Morgan fingerprint density at radius 2 is 1.16 bits per heavy atom. The largest absolute Gasteiger partial charge is 0.240 e. The lowest BCUT2D eigenvalue weighted by atomic mass is 10.0. The van der Waals surface area contributed by atoms with E-state index in [-0.39, 0.29) is 0 Å². The molecule has 1 saturated heterocycles. The molecule has 0 amide bonds. The zero-order chi connectivity index (χ0) is 23.3. The van der Waals surface area contributed by atoms with Gasteiger partial charge in [0, 0.05) is 32.2 Å². The minimum Gasteiger partial charge on any atom is -0.240 e. The summed E-state index contributed by atoms with van der Waals surface area (Å²) in [6.07, 6.45) is 26.0. The van der Waals surface area contributed by atoms with Crippen LogP contribution in [0.4, 0.5) is 0 Å². The van der Waals surface area contributed by atoms with Gasteiger partial charge in [-0.15, -0.1) is 0 Å². The second kappa shape index (κ2) is 21.4. The van der Waals surface area contributed by atoms with Crippen LogP contribution >= 0.6 is 0 Å². The molecule has 0 radical (unpaired) electrons. The number of hydrogen-bond donors (Lipinski definition) is 1. The van der Waals surface area contributed by atoms with Gasteiger partial charge in [0.15, 0.2) is 0 Å². The highest BCUT2D eigenvalue weighted by atomic mass is 16.0. The molecule has 0 aromatic heterocycles. The van der Waals surface area contributed by atoms with E-state index in [1.165, 1.54) is 142 Å². The first kappa shape index (κ1) is 29.9. The van der Waals surface area contributed by atoms with Gasteiger partial charge in [-0.25, -0.2) is 10.4 Å². The van der Waals surface area contributed by atoms with Crippen molar-refractivity contribution in [3.63, 3.8) is 0 Å². The van der Waals surface area contributed by atoms with Crippen molar-refractivity contribution in [1.82, 2.24) is 20.7 Å². The maximum Gasteiger partial charge on any atom is 0.0319 e. The number of hydrogen-bond acceptors (Lipinski definition) is 4. The molecule has 0 spiro atoms. The lowest BCUT2D eigenvalue weighted by Crippen LogP contribution is -2.65. The van der Waals surface area contributed by atoms with Crippen molar-refractivity contribution in [3.05, 3.63) is 0 Å². The van der Waals surface area contributed by atoms with Crippen LogP contribution in [0.25, 0.3) is 0 Å². The molecule has 0 aliphatic carbocycles. The summed E-state index contributed by atoms with van der Waals surface area (Å²) in [6, 6.07) is 0.738. The monoisotopic (exact) mass is 452 g/mol. The Hall–Kier alpha value is -0.160. The number of rotatable bonds is 22. The quantitative estimate of drug-likeness (QED) is 0.167. The van der Waals surface area contributed by atoms with Crippen molar-refractivity contribution in [1.29, 1.82) is 0 Å². The average molecular weight is 453 g/mol. The van der Waals surface area contributed by atoms with Crippen molar-refractivity contribution < 1.29 is 0 Å². The SMILES string of the molecule is CCCCCCCCC1CCN(NCCCCC)N(CCCC)N1CCCCCCCC. The number of unbranched alkanes of at least 4 members (excludes halogenated alkanes) is 13. The maximum atomic E-state index is 3.79. The van der Waals surface area contributed by atoms with E-state index in [2.05, 4.69) is 48.4 Å². The fourth-order valence-corrected chi connectivity index (χ4v) is 4.96. The topological polar surface area (TPSA) is 21.8 Å². The van der Waals surface area contributed by atoms with E-state index in [0.717, 1.165) is 12.6 Å². The third-order valence-electron chi connectivity index (χ3n) is 7.09. The predicted molar refractivity (Wildman–Crippen MR) is 142 cm³/mol. The molecule has 1 unspecified atom stereocenters. The fourth-order valence-electron chi connectivity index (χ4n) is 4.96. The minimum atomic E-state index is 0.738. The Kier molecular flexibility index (Phi) is 20.0. The Balaban J connectivity index is 2.64. The van der Waals surface area contributed by atoms with Crippen molar-refractivity contribution in [2.45, 2.75) is 156 Å². The number of nitrogens with zero attached hydrogens (tertiary/aromatic N) is 3. The van der Waals surface area contributed by atoms with E-state index in [0.29, 0.717) is 0 Å². The molecular weight excluding hydrogens is 392 g/mol. The van der Waals surface area contributed by atoms with E-state index >= 15 is 0 Å². The van der Waals surface area contributed by atoms with Gasteiger partial charge in [0.25, 0.3) is 0 Å². The summed E-state index contributed by atoms with van der Waals surface area (Å²) in [7, 11) is 0. The van der Waals surface area contributed by atoms with Crippen LogP contribution in [-0.4, -0.2) is 47.5 Å². The van der Waals surface area contributed by atoms with E-state index in [4.69, 9.17) is 0 Å². The normalized spacial score (nSPS) is 18.6. The lowest BCUT2D eigenvalue weighted by molar-refractivity contribution is -0.257. The highest BCUT2D eigenvalue weighted by molar-refractivity contribution is 4.76. The van der Waals surface area contributed by atoms with Crippen molar-refractivity contribution in [2.24, 2.45) is 0 Å². The van der Waals surface area contributed by atoms with Crippen molar-refractivity contribution in [2.75, 3.05) is 26.2 Å². The molecule has 0 aromatic carbocycles. The minimum absolute atomic E-state index is 0.738. The van der Waals surface area contributed by atoms with Crippen LogP contribution in [0, 0.1) is 0 Å². The van der Waals surface area contributed by atoms with E-state index in [1.807, 2.05) is 0 Å². The van der Waals surface area contributed by atoms with Crippen LogP contribution in [0.5, 0.6) is 0 Å². The molecule has 1 heterocycles. The standard InChI is InChI=1S/C28H60N4/c1-5-9-13-15-17-19-22-28-23-27-31(29-24-20-11-7-3)32(26-12-8-4)30(28)25-21-18-16-14-10-6-2/h28-29H,5-27H2,1-4H3. The van der Waals surface area contributed by atoms with Crippen LogP contribution < -0.4 is 5.43 Å². The Bertz CT molecular complexity index is 390. The summed E-state index contributed by atoms with van der Waals surface area (Å²) in [5.41, 5.74) is 3.79. The average Bonchev–Trinajstić information content (AvgIpc) is 2.81. The summed E-state index contributed by atoms with van der Waals surface area (Å²) >= 11 is 0.